The predicted molar refractivity (Wildman–Crippen MR) is 37.4 cm³/mol. The molecule has 0 unspecified atom stereocenters. The first-order valence-electron chi connectivity index (χ1n) is 2.28. The molecule has 38 valence electrons. The summed E-state index contributed by atoms with van der Waals surface area (Å²) in [4.78, 5) is 0. The molecule has 1 aliphatic rings. The molecule has 1 saturated heterocycles. The first-order chi connectivity index (χ1) is 2.93. The maximum absolute atomic E-state index is 3.48. The zero-order chi connectivity index (χ0) is 4.41. The molecule has 0 atom stereocenters. The second kappa shape index (κ2) is 2.12. The zero-order valence-corrected chi connectivity index (χ0v) is 6.16. The molecular formula is C4H10IN. The van der Waals surface area contributed by atoms with Gasteiger partial charge in [0.15, 0.2) is 0 Å². The quantitative estimate of drug-likeness (QED) is 0.398. The average Bonchev–Trinajstić information content (AvgIpc) is 2.21. The van der Waals surface area contributed by atoms with E-state index in [9.17, 15) is 0 Å². The van der Waals surface area contributed by atoms with Crippen LogP contribution in [0.15, 0.2) is 0 Å². The third-order valence-corrected chi connectivity index (χ3v) is 4.70. The Balaban J connectivity index is 1.88. The van der Waals surface area contributed by atoms with Crippen LogP contribution in [-0.2, 0) is 0 Å². The third kappa shape index (κ3) is 1.43. The van der Waals surface area contributed by atoms with Gasteiger partial charge in [0.05, 0.1) is 0 Å². The second-order valence-electron chi connectivity index (χ2n) is 1.32. The molecule has 0 aromatic rings. The molecule has 1 nitrogen and oxygen atoms in total. The molecule has 0 radical (unpaired) electrons. The molecule has 2 heteroatoms. The van der Waals surface area contributed by atoms with Gasteiger partial charge in [-0.15, -0.1) is 0 Å². The van der Waals surface area contributed by atoms with E-state index in [-0.39, 0.29) is 20.1 Å². The molecule has 1 heterocycles. The van der Waals surface area contributed by atoms with Crippen molar-refractivity contribution in [2.75, 3.05) is 15.4 Å². The van der Waals surface area contributed by atoms with Crippen molar-refractivity contribution < 1.29 is 0 Å². The standard InChI is InChI=1S/C4H10IN/c1-2-6-5-3-4-5/h6H,2-4H2,1H3. The summed E-state index contributed by atoms with van der Waals surface area (Å²) in [6, 6.07) is 0. The molecule has 0 aromatic carbocycles. The van der Waals surface area contributed by atoms with Gasteiger partial charge in [-0.05, 0) is 0 Å². The first kappa shape index (κ1) is 4.84. The molecule has 6 heavy (non-hydrogen) atoms. The van der Waals surface area contributed by atoms with Gasteiger partial charge in [-0.25, -0.2) is 0 Å². The van der Waals surface area contributed by atoms with E-state index in [1.54, 1.807) is 8.86 Å². The molecule has 0 aromatic heterocycles. The number of rotatable bonds is 2. The van der Waals surface area contributed by atoms with Crippen molar-refractivity contribution in [1.82, 2.24) is 3.53 Å². The minimum atomic E-state index is -0.307. The van der Waals surface area contributed by atoms with E-state index in [2.05, 4.69) is 10.5 Å². The summed E-state index contributed by atoms with van der Waals surface area (Å²) in [5, 5.41) is 0. The topological polar surface area (TPSA) is 12.0 Å². The number of nitrogens with one attached hydrogen (secondary N) is 1. The van der Waals surface area contributed by atoms with Crippen LogP contribution in [0.3, 0.4) is 0 Å². The number of hydrogen-bond donors (Lipinski definition) is 1. The molecule has 1 fully saturated rings. The van der Waals surface area contributed by atoms with Gasteiger partial charge in [0.1, 0.15) is 0 Å². The van der Waals surface area contributed by atoms with Crippen molar-refractivity contribution in [2.24, 2.45) is 0 Å². The SMILES string of the molecule is CCNI1CC1. The van der Waals surface area contributed by atoms with E-state index in [0.29, 0.717) is 0 Å². The van der Waals surface area contributed by atoms with Crippen molar-refractivity contribution in [1.29, 1.82) is 0 Å². The molecule has 0 spiro atoms. The van der Waals surface area contributed by atoms with Gasteiger partial charge in [0, 0.05) is 0 Å². The van der Waals surface area contributed by atoms with Crippen LogP contribution < -0.4 is 3.53 Å². The van der Waals surface area contributed by atoms with Crippen LogP contribution in [0, 0.1) is 0 Å². The van der Waals surface area contributed by atoms with E-state index >= 15 is 0 Å². The molecule has 0 amide bonds. The Kier molecular flexibility index (Phi) is 1.71. The van der Waals surface area contributed by atoms with Gasteiger partial charge in [-0.1, -0.05) is 0 Å². The average molecular weight is 199 g/mol. The maximum atomic E-state index is 3.48. The van der Waals surface area contributed by atoms with Gasteiger partial charge in [0.25, 0.3) is 0 Å². The Morgan fingerprint density at radius 2 is 2.33 bits per heavy atom. The molecule has 0 saturated carbocycles. The first-order valence-corrected chi connectivity index (χ1v) is 6.41. The summed E-state index contributed by atoms with van der Waals surface area (Å²) < 4.78 is 6.61. The monoisotopic (exact) mass is 199 g/mol. The Hall–Kier alpha value is 0.690. The summed E-state index contributed by atoms with van der Waals surface area (Å²) >= 11 is -0.307. The van der Waals surface area contributed by atoms with Gasteiger partial charge in [-0.3, -0.25) is 0 Å². The van der Waals surface area contributed by atoms with Crippen LogP contribution >= 0.6 is 20.1 Å². The van der Waals surface area contributed by atoms with Crippen molar-refractivity contribution in [3.8, 4) is 0 Å². The van der Waals surface area contributed by atoms with E-state index in [1.165, 1.54) is 6.54 Å². The molecule has 1 N–H and O–H groups in total. The zero-order valence-electron chi connectivity index (χ0n) is 4.00. The second-order valence-corrected chi connectivity index (χ2v) is 6.85. The van der Waals surface area contributed by atoms with E-state index < -0.39 is 0 Å². The summed E-state index contributed by atoms with van der Waals surface area (Å²) in [6.45, 7) is 3.40. The number of halogens is 1. The third-order valence-electron chi connectivity index (χ3n) is 0.701. The summed E-state index contributed by atoms with van der Waals surface area (Å²) in [7, 11) is 0. The Morgan fingerprint density at radius 3 is 2.50 bits per heavy atom. The van der Waals surface area contributed by atoms with Crippen LogP contribution in [0.4, 0.5) is 0 Å². The Morgan fingerprint density at radius 1 is 1.67 bits per heavy atom. The van der Waals surface area contributed by atoms with Crippen LogP contribution in [0.2, 0.25) is 0 Å². The van der Waals surface area contributed by atoms with Crippen LogP contribution in [0.1, 0.15) is 6.92 Å². The van der Waals surface area contributed by atoms with Gasteiger partial charge < -0.3 is 0 Å². The summed E-state index contributed by atoms with van der Waals surface area (Å²) in [5.41, 5.74) is 0. The summed E-state index contributed by atoms with van der Waals surface area (Å²) in [5.74, 6) is 0. The van der Waals surface area contributed by atoms with Gasteiger partial charge in [0.2, 0.25) is 0 Å². The van der Waals surface area contributed by atoms with Crippen molar-refractivity contribution in [3.05, 3.63) is 0 Å². The van der Waals surface area contributed by atoms with E-state index in [1.807, 2.05) is 0 Å². The molecule has 0 aliphatic carbocycles. The van der Waals surface area contributed by atoms with Crippen LogP contribution in [-0.4, -0.2) is 15.4 Å². The summed E-state index contributed by atoms with van der Waals surface area (Å²) in [6.07, 6.45) is 0. The van der Waals surface area contributed by atoms with Crippen LogP contribution in [0.25, 0.3) is 0 Å². The fraction of sp³-hybridized carbons (Fsp3) is 1.00. The minimum absolute atomic E-state index is 0.307. The molecule has 0 bridgehead atoms. The molecular weight excluding hydrogens is 189 g/mol. The Labute approximate surface area is 46.2 Å². The number of hydrogen-bond acceptors (Lipinski definition) is 1. The molecule has 1 rings (SSSR count). The number of alkyl halides is 2. The Bertz CT molecular complexity index is 42.8. The van der Waals surface area contributed by atoms with Gasteiger partial charge in [-0.2, -0.15) is 0 Å². The predicted octanol–water partition coefficient (Wildman–Crippen LogP) is 1.03. The molecule has 1 aliphatic heterocycles. The normalized spacial score (nSPS) is 24.5. The van der Waals surface area contributed by atoms with Crippen LogP contribution in [0.5, 0.6) is 0 Å². The van der Waals surface area contributed by atoms with Gasteiger partial charge >= 0.3 is 45.9 Å². The fourth-order valence-corrected chi connectivity index (χ4v) is 3.77. The van der Waals surface area contributed by atoms with E-state index in [0.717, 1.165) is 0 Å². The van der Waals surface area contributed by atoms with Crippen molar-refractivity contribution in [2.45, 2.75) is 6.92 Å². The van der Waals surface area contributed by atoms with Crippen molar-refractivity contribution >= 4 is 20.1 Å². The van der Waals surface area contributed by atoms with Crippen molar-refractivity contribution in [3.63, 3.8) is 0 Å². The van der Waals surface area contributed by atoms with E-state index in [4.69, 9.17) is 0 Å². The fourth-order valence-electron chi connectivity index (χ4n) is 0.358.